The van der Waals surface area contributed by atoms with Crippen LogP contribution >= 0.6 is 0 Å². The molecule has 0 aromatic heterocycles. The number of benzene rings is 1. The molecular formula is C13H20N2O3S. The van der Waals surface area contributed by atoms with Crippen molar-refractivity contribution in [2.75, 3.05) is 20.3 Å². The van der Waals surface area contributed by atoms with E-state index < -0.39 is 10.0 Å². The molecule has 1 fully saturated rings. The maximum atomic E-state index is 12.6. The van der Waals surface area contributed by atoms with Crippen LogP contribution in [-0.4, -0.2) is 39.0 Å². The smallest absolute Gasteiger partial charge is 0.243 e. The van der Waals surface area contributed by atoms with Gasteiger partial charge in [-0.3, -0.25) is 0 Å². The Morgan fingerprint density at radius 3 is 2.42 bits per heavy atom. The number of hydrogen-bond acceptors (Lipinski definition) is 4. The maximum absolute atomic E-state index is 12.6. The summed E-state index contributed by atoms with van der Waals surface area (Å²) in [7, 11) is -1.85. The van der Waals surface area contributed by atoms with Crippen molar-refractivity contribution in [1.82, 2.24) is 4.31 Å². The van der Waals surface area contributed by atoms with Crippen LogP contribution in [0.2, 0.25) is 0 Å². The number of hydrogen-bond donors (Lipinski definition) is 1. The second kappa shape index (κ2) is 6.00. The fraction of sp³-hybridized carbons (Fsp3) is 0.538. The fourth-order valence-electron chi connectivity index (χ4n) is 1.98. The number of nitrogens with two attached hydrogens (primary N) is 1. The first kappa shape index (κ1) is 14.5. The van der Waals surface area contributed by atoms with Gasteiger partial charge >= 0.3 is 0 Å². The summed E-state index contributed by atoms with van der Waals surface area (Å²) in [4.78, 5) is 0.327. The third-order valence-corrected chi connectivity index (χ3v) is 5.20. The topological polar surface area (TPSA) is 72.6 Å². The molecule has 0 amide bonds. The fourth-order valence-corrected chi connectivity index (χ4v) is 3.64. The first-order valence-corrected chi connectivity index (χ1v) is 7.83. The monoisotopic (exact) mass is 284 g/mol. The Hall–Kier alpha value is -0.950. The Morgan fingerprint density at radius 2 is 1.95 bits per heavy atom. The Labute approximate surface area is 114 Å². The van der Waals surface area contributed by atoms with Gasteiger partial charge in [-0.2, -0.15) is 4.31 Å². The summed E-state index contributed by atoms with van der Waals surface area (Å²) in [6, 6.07) is 6.90. The van der Waals surface area contributed by atoms with Crippen LogP contribution in [0, 0.1) is 0 Å². The van der Waals surface area contributed by atoms with Crippen molar-refractivity contribution in [1.29, 1.82) is 0 Å². The van der Waals surface area contributed by atoms with Crippen molar-refractivity contribution in [3.63, 3.8) is 0 Å². The van der Waals surface area contributed by atoms with E-state index in [4.69, 9.17) is 10.5 Å². The minimum atomic E-state index is -3.42. The Morgan fingerprint density at radius 1 is 1.32 bits per heavy atom. The highest BCUT2D eigenvalue weighted by molar-refractivity contribution is 7.89. The van der Waals surface area contributed by atoms with Crippen molar-refractivity contribution in [2.24, 2.45) is 5.73 Å². The molecule has 0 unspecified atom stereocenters. The zero-order valence-corrected chi connectivity index (χ0v) is 11.9. The molecule has 6 heteroatoms. The second-order valence-corrected chi connectivity index (χ2v) is 6.58. The van der Waals surface area contributed by atoms with Gasteiger partial charge in [-0.15, -0.1) is 0 Å². The summed E-state index contributed by atoms with van der Waals surface area (Å²) < 4.78 is 31.7. The van der Waals surface area contributed by atoms with Crippen LogP contribution in [0.25, 0.3) is 0 Å². The van der Waals surface area contributed by atoms with Gasteiger partial charge in [0.25, 0.3) is 0 Å². The molecule has 1 aliphatic carbocycles. The van der Waals surface area contributed by atoms with E-state index in [1.54, 1.807) is 35.7 Å². The largest absolute Gasteiger partial charge is 0.383 e. The molecule has 0 radical (unpaired) electrons. The van der Waals surface area contributed by atoms with E-state index in [0.29, 0.717) is 24.6 Å². The average Bonchev–Trinajstić information content (AvgIpc) is 3.23. The molecule has 0 aliphatic heterocycles. The first-order chi connectivity index (χ1) is 9.09. The molecule has 1 aliphatic rings. The van der Waals surface area contributed by atoms with Crippen molar-refractivity contribution in [3.05, 3.63) is 29.8 Å². The molecule has 5 nitrogen and oxygen atoms in total. The van der Waals surface area contributed by atoms with Crippen LogP contribution < -0.4 is 5.73 Å². The average molecular weight is 284 g/mol. The molecule has 19 heavy (non-hydrogen) atoms. The molecule has 0 bridgehead atoms. The maximum Gasteiger partial charge on any atom is 0.243 e. The second-order valence-electron chi connectivity index (χ2n) is 4.69. The van der Waals surface area contributed by atoms with Gasteiger partial charge in [-0.1, -0.05) is 12.1 Å². The van der Waals surface area contributed by atoms with Crippen molar-refractivity contribution < 1.29 is 13.2 Å². The Balaban J connectivity index is 2.22. The van der Waals surface area contributed by atoms with Crippen LogP contribution in [-0.2, 0) is 21.3 Å². The Bertz CT molecular complexity index is 509. The molecular weight excluding hydrogens is 264 g/mol. The van der Waals surface area contributed by atoms with E-state index in [0.717, 1.165) is 18.4 Å². The highest BCUT2D eigenvalue weighted by Crippen LogP contribution is 2.31. The molecule has 1 saturated carbocycles. The summed E-state index contributed by atoms with van der Waals surface area (Å²) in [5, 5.41) is 0. The summed E-state index contributed by atoms with van der Waals surface area (Å²) >= 11 is 0. The van der Waals surface area contributed by atoms with Crippen molar-refractivity contribution >= 4 is 10.0 Å². The molecule has 106 valence electrons. The van der Waals surface area contributed by atoms with E-state index >= 15 is 0 Å². The van der Waals surface area contributed by atoms with Gasteiger partial charge in [0.1, 0.15) is 0 Å². The zero-order valence-electron chi connectivity index (χ0n) is 11.1. The highest BCUT2D eigenvalue weighted by atomic mass is 32.2. The van der Waals surface area contributed by atoms with Crippen LogP contribution in [0.3, 0.4) is 0 Å². The van der Waals surface area contributed by atoms with Gasteiger partial charge in [0.05, 0.1) is 11.5 Å². The molecule has 2 rings (SSSR count). The standard InChI is InChI=1S/C13H20N2O3S/c1-18-9-8-15(12-4-5-12)19(16,17)13-6-2-11(10-14)3-7-13/h2-3,6-7,12H,4-5,8-10,14H2,1H3. The molecule has 1 aromatic carbocycles. The predicted octanol–water partition coefficient (Wildman–Crippen LogP) is 0.945. The SMILES string of the molecule is COCCN(C1CC1)S(=O)(=O)c1ccc(CN)cc1. The van der Waals surface area contributed by atoms with Gasteiger partial charge in [-0.05, 0) is 30.5 Å². The lowest BCUT2D eigenvalue weighted by Crippen LogP contribution is -2.35. The summed E-state index contributed by atoms with van der Waals surface area (Å²) in [6.45, 7) is 1.23. The van der Waals surface area contributed by atoms with E-state index in [9.17, 15) is 8.42 Å². The van der Waals surface area contributed by atoms with Gasteiger partial charge in [-0.25, -0.2) is 8.42 Å². The quantitative estimate of drug-likeness (QED) is 0.809. The van der Waals surface area contributed by atoms with Crippen LogP contribution in [0.5, 0.6) is 0 Å². The third-order valence-electron chi connectivity index (χ3n) is 3.24. The third kappa shape index (κ3) is 3.33. The lowest BCUT2D eigenvalue weighted by Gasteiger charge is -2.21. The van der Waals surface area contributed by atoms with Gasteiger partial charge in [0.15, 0.2) is 0 Å². The summed E-state index contributed by atoms with van der Waals surface area (Å²) in [6.07, 6.45) is 1.87. The normalized spacial score (nSPS) is 15.9. The lowest BCUT2D eigenvalue weighted by atomic mass is 10.2. The first-order valence-electron chi connectivity index (χ1n) is 6.39. The number of methoxy groups -OCH3 is 1. The molecule has 1 aromatic rings. The van der Waals surface area contributed by atoms with E-state index in [-0.39, 0.29) is 6.04 Å². The van der Waals surface area contributed by atoms with Crippen LogP contribution in [0.4, 0.5) is 0 Å². The van der Waals surface area contributed by atoms with Crippen LogP contribution in [0.1, 0.15) is 18.4 Å². The highest BCUT2D eigenvalue weighted by Gasteiger charge is 2.37. The molecule has 0 spiro atoms. The van der Waals surface area contributed by atoms with Crippen molar-refractivity contribution in [3.8, 4) is 0 Å². The molecule has 0 heterocycles. The van der Waals surface area contributed by atoms with Crippen molar-refractivity contribution in [2.45, 2.75) is 30.3 Å². The minimum Gasteiger partial charge on any atom is -0.383 e. The minimum absolute atomic E-state index is 0.134. The van der Waals surface area contributed by atoms with Gasteiger partial charge in [0, 0.05) is 26.2 Å². The lowest BCUT2D eigenvalue weighted by molar-refractivity contribution is 0.177. The van der Waals surface area contributed by atoms with E-state index in [2.05, 4.69) is 0 Å². The number of sulfonamides is 1. The molecule has 0 saturated heterocycles. The Kier molecular flexibility index (Phi) is 4.57. The number of rotatable bonds is 7. The van der Waals surface area contributed by atoms with Gasteiger partial charge < -0.3 is 10.5 Å². The summed E-state index contributed by atoms with van der Waals surface area (Å²) in [5.41, 5.74) is 6.44. The number of ether oxygens (including phenoxy) is 1. The zero-order chi connectivity index (χ0) is 13.9. The van der Waals surface area contributed by atoms with Crippen LogP contribution in [0.15, 0.2) is 29.2 Å². The van der Waals surface area contributed by atoms with E-state index in [1.165, 1.54) is 0 Å². The summed E-state index contributed by atoms with van der Waals surface area (Å²) in [5.74, 6) is 0. The van der Waals surface area contributed by atoms with E-state index in [1.807, 2.05) is 0 Å². The van der Waals surface area contributed by atoms with Gasteiger partial charge in [0.2, 0.25) is 10.0 Å². The predicted molar refractivity (Wildman–Crippen MR) is 73.1 cm³/mol. The molecule has 0 atom stereocenters. The number of nitrogens with zero attached hydrogens (tertiary/aromatic N) is 1. The molecule has 2 N–H and O–H groups in total.